The van der Waals surface area contributed by atoms with Gasteiger partial charge in [-0.3, -0.25) is 4.68 Å². The van der Waals surface area contributed by atoms with Gasteiger partial charge in [0.25, 0.3) is 0 Å². The molecule has 0 saturated carbocycles. The van der Waals surface area contributed by atoms with Crippen molar-refractivity contribution in [1.82, 2.24) is 20.0 Å². The quantitative estimate of drug-likeness (QED) is 0.927. The van der Waals surface area contributed by atoms with Crippen molar-refractivity contribution in [3.63, 3.8) is 0 Å². The summed E-state index contributed by atoms with van der Waals surface area (Å²) >= 11 is 0. The third-order valence-electron chi connectivity index (χ3n) is 4.01. The third-order valence-corrected chi connectivity index (χ3v) is 4.01. The van der Waals surface area contributed by atoms with Crippen molar-refractivity contribution in [2.24, 2.45) is 13.0 Å². The van der Waals surface area contributed by atoms with Gasteiger partial charge in [-0.2, -0.15) is 5.10 Å². The number of ether oxygens (including phenoxy) is 1. The van der Waals surface area contributed by atoms with Crippen molar-refractivity contribution in [2.45, 2.75) is 52.3 Å². The van der Waals surface area contributed by atoms with Crippen LogP contribution in [0.25, 0.3) is 0 Å². The van der Waals surface area contributed by atoms with Crippen LogP contribution < -0.4 is 5.32 Å². The van der Waals surface area contributed by atoms with Crippen molar-refractivity contribution >= 4 is 6.09 Å². The van der Waals surface area contributed by atoms with Gasteiger partial charge in [-0.25, -0.2) is 4.79 Å². The Labute approximate surface area is 132 Å². The monoisotopic (exact) mass is 308 g/mol. The Hall–Kier alpha value is -1.56. The molecule has 1 aromatic rings. The predicted molar refractivity (Wildman–Crippen MR) is 85.5 cm³/mol. The Kier molecular flexibility index (Phi) is 4.80. The van der Waals surface area contributed by atoms with Gasteiger partial charge in [-0.05, 0) is 34.6 Å². The molecule has 6 heteroatoms. The Bertz CT molecular complexity index is 514. The fourth-order valence-electron chi connectivity index (χ4n) is 2.59. The highest BCUT2D eigenvalue weighted by Crippen LogP contribution is 2.24. The minimum Gasteiger partial charge on any atom is -0.444 e. The molecular weight excluding hydrogens is 280 g/mol. The molecule has 1 N–H and O–H groups in total. The van der Waals surface area contributed by atoms with Crippen LogP contribution in [0.3, 0.4) is 0 Å². The minimum atomic E-state index is -0.430. The number of rotatable bonds is 4. The summed E-state index contributed by atoms with van der Waals surface area (Å²) in [5, 5.41) is 7.79. The van der Waals surface area contributed by atoms with E-state index in [0.29, 0.717) is 12.0 Å². The second-order valence-electron chi connectivity index (χ2n) is 7.27. The molecule has 22 heavy (non-hydrogen) atoms. The topological polar surface area (TPSA) is 59.4 Å². The maximum absolute atomic E-state index is 11.9. The van der Waals surface area contributed by atoms with Crippen molar-refractivity contribution < 1.29 is 9.53 Å². The van der Waals surface area contributed by atoms with Gasteiger partial charge in [0.05, 0.1) is 6.20 Å². The second kappa shape index (κ2) is 6.28. The Morgan fingerprint density at radius 2 is 2.05 bits per heavy atom. The average molecular weight is 308 g/mol. The van der Waals surface area contributed by atoms with Gasteiger partial charge < -0.3 is 15.0 Å². The molecule has 2 heterocycles. The van der Waals surface area contributed by atoms with E-state index in [0.717, 1.165) is 13.1 Å². The number of nitrogens with one attached hydrogen (secondary N) is 1. The summed E-state index contributed by atoms with van der Waals surface area (Å²) in [4.78, 5) is 13.7. The molecule has 0 radical (unpaired) electrons. The average Bonchev–Trinajstić information content (AvgIpc) is 2.71. The van der Waals surface area contributed by atoms with Crippen LogP contribution >= 0.6 is 0 Å². The van der Waals surface area contributed by atoms with Gasteiger partial charge in [0.2, 0.25) is 0 Å². The largest absolute Gasteiger partial charge is 0.444 e. The number of hydrogen-bond donors (Lipinski definition) is 1. The van der Waals surface area contributed by atoms with Crippen molar-refractivity contribution in [3.8, 4) is 0 Å². The van der Waals surface area contributed by atoms with E-state index in [1.165, 1.54) is 5.56 Å². The fraction of sp³-hybridized carbons (Fsp3) is 0.750. The fourth-order valence-corrected chi connectivity index (χ4v) is 2.59. The van der Waals surface area contributed by atoms with E-state index < -0.39 is 5.60 Å². The molecule has 0 unspecified atom stereocenters. The number of likely N-dealkylation sites (tertiary alicyclic amines) is 1. The van der Waals surface area contributed by atoms with Crippen molar-refractivity contribution in [1.29, 1.82) is 0 Å². The summed E-state index contributed by atoms with van der Waals surface area (Å²) in [6.45, 7) is 11.5. The van der Waals surface area contributed by atoms with Crippen LogP contribution in [0.4, 0.5) is 4.79 Å². The standard InChI is InChI=1S/C16H28N4O2/c1-11(13-7-17-19(6)8-13)18-12(2)14-9-20(10-14)15(21)22-16(3,4)5/h7-8,11-12,14,18H,9-10H2,1-6H3/t11-,12-/m0/s1. The van der Waals surface area contributed by atoms with Gasteiger partial charge >= 0.3 is 6.09 Å². The predicted octanol–water partition coefficient (Wildman–Crippen LogP) is 2.33. The first-order chi connectivity index (χ1) is 10.2. The molecule has 6 nitrogen and oxygen atoms in total. The van der Waals surface area contributed by atoms with Crippen LogP contribution in [0.5, 0.6) is 0 Å². The third kappa shape index (κ3) is 4.22. The number of aryl methyl sites for hydroxylation is 1. The lowest BCUT2D eigenvalue weighted by atomic mass is 9.92. The first-order valence-electron chi connectivity index (χ1n) is 7.88. The highest BCUT2D eigenvalue weighted by Gasteiger charge is 2.36. The maximum atomic E-state index is 11.9. The molecule has 2 rings (SSSR count). The van der Waals surface area contributed by atoms with E-state index in [9.17, 15) is 4.79 Å². The van der Waals surface area contributed by atoms with E-state index >= 15 is 0 Å². The van der Waals surface area contributed by atoms with E-state index in [1.54, 1.807) is 4.90 Å². The molecule has 0 spiro atoms. The van der Waals surface area contributed by atoms with E-state index in [-0.39, 0.29) is 12.1 Å². The summed E-state index contributed by atoms with van der Waals surface area (Å²) in [6.07, 6.45) is 3.70. The molecule has 1 aromatic heterocycles. The molecular formula is C16H28N4O2. The molecule has 0 bridgehead atoms. The zero-order chi connectivity index (χ0) is 16.5. The lowest BCUT2D eigenvalue weighted by Crippen LogP contribution is -2.57. The van der Waals surface area contributed by atoms with Crippen LogP contribution in [0.2, 0.25) is 0 Å². The summed E-state index contributed by atoms with van der Waals surface area (Å²) in [5.74, 6) is 0.464. The van der Waals surface area contributed by atoms with Gasteiger partial charge in [-0.15, -0.1) is 0 Å². The summed E-state index contributed by atoms with van der Waals surface area (Å²) < 4.78 is 7.19. The first-order valence-corrected chi connectivity index (χ1v) is 7.88. The normalized spacial score (nSPS) is 18.7. The highest BCUT2D eigenvalue weighted by molar-refractivity contribution is 5.69. The zero-order valence-corrected chi connectivity index (χ0v) is 14.5. The molecule has 1 aliphatic rings. The second-order valence-corrected chi connectivity index (χ2v) is 7.27. The number of aromatic nitrogens is 2. The molecule has 0 aliphatic carbocycles. The van der Waals surface area contributed by atoms with E-state index in [1.807, 2.05) is 44.9 Å². The number of nitrogens with zero attached hydrogens (tertiary/aromatic N) is 3. The van der Waals surface area contributed by atoms with Gasteiger partial charge in [0, 0.05) is 49.9 Å². The summed E-state index contributed by atoms with van der Waals surface area (Å²) in [7, 11) is 1.92. The van der Waals surface area contributed by atoms with Gasteiger partial charge in [-0.1, -0.05) is 0 Å². The SMILES string of the molecule is C[C@H](N[C@@H](C)C1CN(C(=O)OC(C)(C)C)C1)c1cnn(C)c1. The Balaban J connectivity index is 1.77. The number of amides is 1. The highest BCUT2D eigenvalue weighted by atomic mass is 16.6. The summed E-state index contributed by atoms with van der Waals surface area (Å²) in [5.41, 5.74) is 0.749. The number of carbonyl (C=O) groups excluding carboxylic acids is 1. The first kappa shape index (κ1) is 16.8. The van der Waals surface area contributed by atoms with Crippen molar-refractivity contribution in [3.05, 3.63) is 18.0 Å². The Morgan fingerprint density at radius 1 is 1.41 bits per heavy atom. The van der Waals surface area contributed by atoms with Crippen LogP contribution in [0, 0.1) is 5.92 Å². The number of carbonyl (C=O) groups is 1. The zero-order valence-electron chi connectivity index (χ0n) is 14.5. The molecule has 124 valence electrons. The van der Waals surface area contributed by atoms with Crippen LogP contribution in [0.1, 0.15) is 46.2 Å². The van der Waals surface area contributed by atoms with E-state index in [4.69, 9.17) is 4.74 Å². The lowest BCUT2D eigenvalue weighted by molar-refractivity contribution is -0.00622. The molecule has 1 fully saturated rings. The molecule has 0 aromatic carbocycles. The molecule has 1 amide bonds. The smallest absolute Gasteiger partial charge is 0.410 e. The molecule has 1 aliphatic heterocycles. The van der Waals surface area contributed by atoms with Crippen LogP contribution in [0.15, 0.2) is 12.4 Å². The van der Waals surface area contributed by atoms with E-state index in [2.05, 4.69) is 24.3 Å². The minimum absolute atomic E-state index is 0.212. The van der Waals surface area contributed by atoms with Gasteiger partial charge in [0.1, 0.15) is 5.60 Å². The maximum Gasteiger partial charge on any atom is 0.410 e. The van der Waals surface area contributed by atoms with Crippen molar-refractivity contribution in [2.75, 3.05) is 13.1 Å². The number of hydrogen-bond acceptors (Lipinski definition) is 4. The lowest BCUT2D eigenvalue weighted by Gasteiger charge is -2.43. The molecule has 1 saturated heterocycles. The Morgan fingerprint density at radius 3 is 2.55 bits per heavy atom. The molecule has 2 atom stereocenters. The van der Waals surface area contributed by atoms with Crippen LogP contribution in [-0.2, 0) is 11.8 Å². The summed E-state index contributed by atoms with van der Waals surface area (Å²) in [6, 6.07) is 0.591. The van der Waals surface area contributed by atoms with Gasteiger partial charge in [0.15, 0.2) is 0 Å². The van der Waals surface area contributed by atoms with Crippen LogP contribution in [-0.4, -0.2) is 45.5 Å².